The maximum atomic E-state index is 12.1. The smallest absolute Gasteiger partial charge is 0.422 e. The third-order valence-corrected chi connectivity index (χ3v) is 2.33. The van der Waals surface area contributed by atoms with Crippen molar-refractivity contribution in [3.05, 3.63) is 23.8 Å². The quantitative estimate of drug-likeness (QED) is 0.866. The summed E-state index contributed by atoms with van der Waals surface area (Å²) in [5.41, 5.74) is 0.921. The van der Waals surface area contributed by atoms with Gasteiger partial charge in [-0.2, -0.15) is 13.2 Å². The van der Waals surface area contributed by atoms with Gasteiger partial charge in [-0.1, -0.05) is 19.9 Å². The summed E-state index contributed by atoms with van der Waals surface area (Å²) in [5, 5.41) is 3.21. The molecule has 3 nitrogen and oxygen atoms in total. The molecule has 0 radical (unpaired) electrons. The summed E-state index contributed by atoms with van der Waals surface area (Å²) in [5.74, 6) is 0.389. The van der Waals surface area contributed by atoms with Crippen molar-refractivity contribution >= 4 is 0 Å². The van der Waals surface area contributed by atoms with Gasteiger partial charge in [0.2, 0.25) is 0 Å². The van der Waals surface area contributed by atoms with Gasteiger partial charge in [0.25, 0.3) is 0 Å². The van der Waals surface area contributed by atoms with Crippen LogP contribution in [0.25, 0.3) is 0 Å². The molecule has 0 amide bonds. The molecule has 1 N–H and O–H groups in total. The average Bonchev–Trinajstić information content (AvgIpc) is 2.33. The Morgan fingerprint density at radius 2 is 1.89 bits per heavy atom. The van der Waals surface area contributed by atoms with Gasteiger partial charge in [-0.3, -0.25) is 0 Å². The van der Waals surface area contributed by atoms with Crippen molar-refractivity contribution < 1.29 is 22.6 Å². The van der Waals surface area contributed by atoms with Crippen LogP contribution in [0.5, 0.6) is 11.5 Å². The molecule has 108 valence electrons. The van der Waals surface area contributed by atoms with Gasteiger partial charge in [-0.05, 0) is 17.7 Å². The number of alkyl halides is 3. The van der Waals surface area contributed by atoms with E-state index in [1.54, 1.807) is 12.1 Å². The number of rotatable bonds is 6. The predicted octanol–water partition coefficient (Wildman–Crippen LogP) is 3.13. The zero-order chi connectivity index (χ0) is 14.5. The van der Waals surface area contributed by atoms with E-state index in [0.29, 0.717) is 18.3 Å². The lowest BCUT2D eigenvalue weighted by molar-refractivity contribution is -0.153. The highest BCUT2D eigenvalue weighted by molar-refractivity contribution is 5.43. The van der Waals surface area contributed by atoms with Crippen molar-refractivity contribution in [2.45, 2.75) is 32.6 Å². The molecular weight excluding hydrogens is 259 g/mol. The molecule has 6 heteroatoms. The second-order valence-electron chi connectivity index (χ2n) is 4.42. The maximum Gasteiger partial charge on any atom is 0.422 e. The number of hydrogen-bond donors (Lipinski definition) is 1. The fourth-order valence-electron chi connectivity index (χ4n) is 1.42. The first-order valence-corrected chi connectivity index (χ1v) is 5.91. The topological polar surface area (TPSA) is 30.5 Å². The van der Waals surface area contributed by atoms with Gasteiger partial charge in [0.15, 0.2) is 18.1 Å². The van der Waals surface area contributed by atoms with E-state index in [1.807, 2.05) is 13.8 Å². The molecule has 0 heterocycles. The molecule has 0 saturated carbocycles. The Morgan fingerprint density at radius 3 is 2.42 bits per heavy atom. The van der Waals surface area contributed by atoms with Crippen molar-refractivity contribution in [1.82, 2.24) is 5.32 Å². The van der Waals surface area contributed by atoms with Crippen LogP contribution in [-0.4, -0.2) is 25.9 Å². The standard InChI is InChI=1S/C13H18F3NO2/c1-9(2)17-7-10-4-5-11(12(6-10)18-3)19-8-13(14,15)16/h4-6,9,17H,7-8H2,1-3H3. The average molecular weight is 277 g/mol. The molecule has 0 unspecified atom stereocenters. The Labute approximate surface area is 110 Å². The summed E-state index contributed by atoms with van der Waals surface area (Å²) in [7, 11) is 1.40. The van der Waals surface area contributed by atoms with Gasteiger partial charge in [-0.15, -0.1) is 0 Å². The molecule has 0 aliphatic heterocycles. The number of benzene rings is 1. The third-order valence-electron chi connectivity index (χ3n) is 2.33. The normalized spacial score (nSPS) is 11.7. The van der Waals surface area contributed by atoms with E-state index in [0.717, 1.165) is 5.56 Å². The molecule has 1 rings (SSSR count). The van der Waals surface area contributed by atoms with Crippen LogP contribution in [0.4, 0.5) is 13.2 Å². The molecule has 0 saturated heterocycles. The summed E-state index contributed by atoms with van der Waals surface area (Å²) in [4.78, 5) is 0. The lowest BCUT2D eigenvalue weighted by Crippen LogP contribution is -2.22. The SMILES string of the molecule is COc1cc(CNC(C)C)ccc1OCC(F)(F)F. The van der Waals surface area contributed by atoms with Crippen molar-refractivity contribution in [3.8, 4) is 11.5 Å². The van der Waals surface area contributed by atoms with E-state index in [2.05, 4.69) is 5.32 Å². The second kappa shape index (κ2) is 6.65. The summed E-state index contributed by atoms with van der Waals surface area (Å²) in [6.07, 6.45) is -4.36. The highest BCUT2D eigenvalue weighted by Crippen LogP contribution is 2.29. The largest absolute Gasteiger partial charge is 0.493 e. The molecule has 1 aromatic rings. The Balaban J connectivity index is 2.73. The van der Waals surface area contributed by atoms with Crippen molar-refractivity contribution in [2.24, 2.45) is 0 Å². The monoisotopic (exact) mass is 277 g/mol. The van der Waals surface area contributed by atoms with Crippen LogP contribution in [0.15, 0.2) is 18.2 Å². The Kier molecular flexibility index (Phi) is 5.47. The summed E-state index contributed by atoms with van der Waals surface area (Å²) < 4.78 is 46.0. The molecule has 0 bridgehead atoms. The van der Waals surface area contributed by atoms with Crippen molar-refractivity contribution in [1.29, 1.82) is 0 Å². The Morgan fingerprint density at radius 1 is 1.21 bits per heavy atom. The molecule has 19 heavy (non-hydrogen) atoms. The fourth-order valence-corrected chi connectivity index (χ4v) is 1.42. The minimum Gasteiger partial charge on any atom is -0.493 e. The van der Waals surface area contributed by atoms with Crippen molar-refractivity contribution in [2.75, 3.05) is 13.7 Å². The summed E-state index contributed by atoms with van der Waals surface area (Å²) in [6, 6.07) is 5.19. The third kappa shape index (κ3) is 5.83. The van der Waals surface area contributed by atoms with Crippen LogP contribution < -0.4 is 14.8 Å². The number of ether oxygens (including phenoxy) is 2. The van der Waals surface area contributed by atoms with Gasteiger partial charge in [0, 0.05) is 12.6 Å². The maximum absolute atomic E-state index is 12.1. The summed E-state index contributed by atoms with van der Waals surface area (Å²) >= 11 is 0. The van der Waals surface area contributed by atoms with E-state index in [4.69, 9.17) is 9.47 Å². The second-order valence-corrected chi connectivity index (χ2v) is 4.42. The molecule has 1 aromatic carbocycles. The van der Waals surface area contributed by atoms with E-state index < -0.39 is 12.8 Å². The van der Waals surface area contributed by atoms with E-state index >= 15 is 0 Å². The number of nitrogens with one attached hydrogen (secondary N) is 1. The minimum absolute atomic E-state index is 0.0909. The van der Waals surface area contributed by atoms with E-state index in [1.165, 1.54) is 13.2 Å². The lowest BCUT2D eigenvalue weighted by atomic mass is 10.2. The molecule has 0 aliphatic rings. The van der Waals surface area contributed by atoms with Gasteiger partial charge in [0.05, 0.1) is 7.11 Å². The minimum atomic E-state index is -4.36. The first kappa shape index (κ1) is 15.6. The van der Waals surface area contributed by atoms with Crippen molar-refractivity contribution in [3.63, 3.8) is 0 Å². The first-order chi connectivity index (χ1) is 8.81. The van der Waals surface area contributed by atoms with Gasteiger partial charge in [-0.25, -0.2) is 0 Å². The first-order valence-electron chi connectivity index (χ1n) is 5.91. The van der Waals surface area contributed by atoms with Crippen LogP contribution in [0.2, 0.25) is 0 Å². The van der Waals surface area contributed by atoms with Gasteiger partial charge >= 0.3 is 6.18 Å². The number of halogens is 3. The predicted molar refractivity (Wildman–Crippen MR) is 66.5 cm³/mol. The number of hydrogen-bond acceptors (Lipinski definition) is 3. The summed E-state index contributed by atoms with van der Waals surface area (Å²) in [6.45, 7) is 3.32. The molecular formula is C13H18F3NO2. The molecule has 0 spiro atoms. The Bertz CT molecular complexity index is 405. The van der Waals surface area contributed by atoms with Crippen LogP contribution in [0, 0.1) is 0 Å². The van der Waals surface area contributed by atoms with Crippen LogP contribution in [0.1, 0.15) is 19.4 Å². The zero-order valence-electron chi connectivity index (χ0n) is 11.2. The van der Waals surface area contributed by atoms with Crippen LogP contribution in [0.3, 0.4) is 0 Å². The van der Waals surface area contributed by atoms with E-state index in [-0.39, 0.29) is 5.75 Å². The van der Waals surface area contributed by atoms with Crippen LogP contribution >= 0.6 is 0 Å². The Hall–Kier alpha value is -1.43. The lowest BCUT2D eigenvalue weighted by Gasteiger charge is -2.14. The number of methoxy groups -OCH3 is 1. The molecule has 0 aliphatic carbocycles. The molecule has 0 atom stereocenters. The highest BCUT2D eigenvalue weighted by atomic mass is 19.4. The zero-order valence-corrected chi connectivity index (χ0v) is 11.2. The van der Waals surface area contributed by atoms with Crippen LogP contribution in [-0.2, 0) is 6.54 Å². The molecule has 0 aromatic heterocycles. The van der Waals surface area contributed by atoms with Gasteiger partial charge < -0.3 is 14.8 Å². The van der Waals surface area contributed by atoms with Gasteiger partial charge in [0.1, 0.15) is 0 Å². The fraction of sp³-hybridized carbons (Fsp3) is 0.538. The highest BCUT2D eigenvalue weighted by Gasteiger charge is 2.28. The van der Waals surface area contributed by atoms with E-state index in [9.17, 15) is 13.2 Å². The molecule has 0 fully saturated rings.